The van der Waals surface area contributed by atoms with E-state index >= 15 is 0 Å². The summed E-state index contributed by atoms with van der Waals surface area (Å²) in [6.45, 7) is 0. The van der Waals surface area contributed by atoms with E-state index in [1.807, 2.05) is 0 Å². The Balaban J connectivity index is 2.13. The van der Waals surface area contributed by atoms with Crippen LogP contribution in [0.3, 0.4) is 0 Å². The highest BCUT2D eigenvalue weighted by Crippen LogP contribution is 2.32. The second kappa shape index (κ2) is 7.31. The Kier molecular flexibility index (Phi) is 5.11. The number of aliphatic carboxylic acids is 1. The summed E-state index contributed by atoms with van der Waals surface area (Å²) >= 11 is 11.8. The van der Waals surface area contributed by atoms with E-state index in [4.69, 9.17) is 27.9 Å². The molecule has 134 valence electrons. The number of rotatable bonds is 5. The quantitative estimate of drug-likeness (QED) is 0.668. The molecular weight excluding hydrogens is 384 g/mol. The van der Waals surface area contributed by atoms with Crippen LogP contribution in [-0.2, 0) is 11.2 Å². The number of nitrogens with one attached hydrogen (secondary N) is 1. The van der Waals surface area contributed by atoms with Gasteiger partial charge in [-0.3, -0.25) is 0 Å². The molecule has 26 heavy (non-hydrogen) atoms. The van der Waals surface area contributed by atoms with Crippen LogP contribution in [0.2, 0.25) is 10.3 Å². The molecule has 2 aromatic carbocycles. The molecule has 1 heterocycles. The Hall–Kier alpha value is -2.64. The molecule has 0 atom stereocenters. The number of nitrogens with zero attached hydrogens (tertiary/aromatic N) is 2. The summed E-state index contributed by atoms with van der Waals surface area (Å²) < 4.78 is 18.5. The first-order valence-electron chi connectivity index (χ1n) is 7.33. The molecule has 3 aromatic rings. The van der Waals surface area contributed by atoms with Gasteiger partial charge in [0.25, 0.3) is 0 Å². The summed E-state index contributed by atoms with van der Waals surface area (Å²) in [5.41, 5.74) is 1.32. The number of ether oxygens (including phenoxy) is 1. The van der Waals surface area contributed by atoms with Crippen molar-refractivity contribution in [2.75, 3.05) is 12.4 Å². The summed E-state index contributed by atoms with van der Waals surface area (Å²) in [5, 5.41) is 14.4. The first-order valence-corrected chi connectivity index (χ1v) is 8.09. The Bertz CT molecular complexity index is 1010. The van der Waals surface area contributed by atoms with E-state index in [0.717, 1.165) is 0 Å². The minimum Gasteiger partial charge on any atom is -0.550 e. The first-order chi connectivity index (χ1) is 12.4. The van der Waals surface area contributed by atoms with Crippen molar-refractivity contribution >= 4 is 51.6 Å². The maximum Gasteiger partial charge on any atom is 0.224 e. The topological polar surface area (TPSA) is 87.2 Å². The van der Waals surface area contributed by atoms with E-state index in [1.165, 1.54) is 25.3 Å². The van der Waals surface area contributed by atoms with Crippen molar-refractivity contribution in [3.05, 3.63) is 52.0 Å². The van der Waals surface area contributed by atoms with Crippen LogP contribution in [0.25, 0.3) is 10.9 Å². The van der Waals surface area contributed by atoms with Crippen LogP contribution in [0.15, 0.2) is 30.3 Å². The number of fused-ring (bicyclic) bond motifs is 1. The lowest BCUT2D eigenvalue weighted by molar-refractivity contribution is -0.304. The number of carboxylic acids is 1. The standard InChI is InChI=1S/C17H12Cl2FN3O3/c1-26-14-7-13-10(4-8(14)5-15(24)25)16(23-17(19)22-13)21-9-2-3-12(20)11(18)6-9/h2-4,6-7H,5H2,1H3,(H,24,25)(H,21,22,23)/p-1. The van der Waals surface area contributed by atoms with Crippen molar-refractivity contribution in [3.63, 3.8) is 0 Å². The van der Waals surface area contributed by atoms with Crippen LogP contribution in [0, 0.1) is 5.82 Å². The SMILES string of the molecule is COc1cc2nc(Cl)nc(Nc3ccc(F)c(Cl)c3)c2cc1CC(=O)[O-]. The summed E-state index contributed by atoms with van der Waals surface area (Å²) in [5.74, 6) is -1.15. The van der Waals surface area contributed by atoms with Gasteiger partial charge in [-0.1, -0.05) is 11.6 Å². The van der Waals surface area contributed by atoms with Crippen LogP contribution in [0.5, 0.6) is 5.75 Å². The molecule has 0 unspecified atom stereocenters. The number of aromatic nitrogens is 2. The fourth-order valence-corrected chi connectivity index (χ4v) is 2.82. The zero-order valence-corrected chi connectivity index (χ0v) is 14.9. The number of anilines is 2. The largest absolute Gasteiger partial charge is 0.550 e. The number of benzene rings is 2. The average Bonchev–Trinajstić information content (AvgIpc) is 2.57. The van der Waals surface area contributed by atoms with Crippen molar-refractivity contribution in [3.8, 4) is 5.75 Å². The molecular formula is C17H11Cl2FN3O3-. The lowest BCUT2D eigenvalue weighted by Gasteiger charge is -2.14. The highest BCUT2D eigenvalue weighted by molar-refractivity contribution is 6.31. The number of carboxylic acid groups (broad SMARTS) is 1. The van der Waals surface area contributed by atoms with E-state index in [1.54, 1.807) is 12.1 Å². The third-order valence-corrected chi connectivity index (χ3v) is 4.05. The van der Waals surface area contributed by atoms with Crippen molar-refractivity contribution in [2.45, 2.75) is 6.42 Å². The second-order valence-corrected chi connectivity index (χ2v) is 6.07. The molecule has 1 N–H and O–H groups in total. The molecule has 0 spiro atoms. The molecule has 0 radical (unpaired) electrons. The molecule has 1 aromatic heterocycles. The van der Waals surface area contributed by atoms with Gasteiger partial charge in [0, 0.05) is 35.1 Å². The third-order valence-electron chi connectivity index (χ3n) is 3.59. The van der Waals surface area contributed by atoms with Crippen molar-refractivity contribution in [1.29, 1.82) is 0 Å². The summed E-state index contributed by atoms with van der Waals surface area (Å²) in [6.07, 6.45) is -0.344. The van der Waals surface area contributed by atoms with Crippen molar-refractivity contribution < 1.29 is 19.0 Å². The molecule has 0 saturated carbocycles. The summed E-state index contributed by atoms with van der Waals surface area (Å²) in [4.78, 5) is 19.2. The van der Waals surface area contributed by atoms with E-state index in [9.17, 15) is 14.3 Å². The van der Waals surface area contributed by atoms with Crippen molar-refractivity contribution in [1.82, 2.24) is 9.97 Å². The Morgan fingerprint density at radius 2 is 2.04 bits per heavy atom. The number of halogens is 3. The van der Waals surface area contributed by atoms with Gasteiger partial charge in [0.1, 0.15) is 17.4 Å². The molecule has 6 nitrogen and oxygen atoms in total. The molecule has 0 saturated heterocycles. The molecule has 0 bridgehead atoms. The van der Waals surface area contributed by atoms with Gasteiger partial charge in [-0.15, -0.1) is 0 Å². The summed E-state index contributed by atoms with van der Waals surface area (Å²) in [6, 6.07) is 7.22. The molecule has 3 rings (SSSR count). The number of carbonyl (C=O) groups is 1. The maximum absolute atomic E-state index is 13.3. The minimum atomic E-state index is -1.25. The fraction of sp³-hybridized carbons (Fsp3) is 0.118. The third kappa shape index (κ3) is 3.79. The molecule has 9 heteroatoms. The number of hydrogen-bond donors (Lipinski definition) is 1. The van der Waals surface area contributed by atoms with Gasteiger partial charge in [0.05, 0.1) is 17.6 Å². The smallest absolute Gasteiger partial charge is 0.224 e. The van der Waals surface area contributed by atoms with Gasteiger partial charge < -0.3 is 20.0 Å². The maximum atomic E-state index is 13.3. The van der Waals surface area contributed by atoms with Gasteiger partial charge in [0.15, 0.2) is 0 Å². The summed E-state index contributed by atoms with van der Waals surface area (Å²) in [7, 11) is 1.42. The number of methoxy groups -OCH3 is 1. The van der Waals surface area contributed by atoms with E-state index in [2.05, 4.69) is 15.3 Å². The molecule has 0 aliphatic rings. The Morgan fingerprint density at radius 3 is 2.69 bits per heavy atom. The molecule has 0 aliphatic heterocycles. The van der Waals surface area contributed by atoms with Gasteiger partial charge in [-0.2, -0.15) is 4.98 Å². The Morgan fingerprint density at radius 1 is 1.27 bits per heavy atom. The molecule has 0 amide bonds. The second-order valence-electron chi connectivity index (χ2n) is 5.33. The minimum absolute atomic E-state index is 0.0251. The van der Waals surface area contributed by atoms with Crippen LogP contribution in [0.4, 0.5) is 15.9 Å². The van der Waals surface area contributed by atoms with Crippen LogP contribution in [-0.4, -0.2) is 23.0 Å². The van der Waals surface area contributed by atoms with Crippen LogP contribution < -0.4 is 15.2 Å². The van der Waals surface area contributed by atoms with Gasteiger partial charge >= 0.3 is 0 Å². The molecule has 0 aliphatic carbocycles. The molecule has 0 fully saturated rings. The van der Waals surface area contributed by atoms with Crippen LogP contribution in [0.1, 0.15) is 5.56 Å². The predicted octanol–water partition coefficient (Wildman–Crippen LogP) is 3.12. The predicted molar refractivity (Wildman–Crippen MR) is 94.5 cm³/mol. The lowest BCUT2D eigenvalue weighted by Crippen LogP contribution is -2.24. The fourth-order valence-electron chi connectivity index (χ4n) is 2.46. The monoisotopic (exact) mass is 394 g/mol. The van der Waals surface area contributed by atoms with E-state index < -0.39 is 11.8 Å². The number of hydrogen-bond acceptors (Lipinski definition) is 6. The van der Waals surface area contributed by atoms with Gasteiger partial charge in [-0.25, -0.2) is 9.37 Å². The highest BCUT2D eigenvalue weighted by Gasteiger charge is 2.13. The zero-order chi connectivity index (χ0) is 18.8. The van der Waals surface area contributed by atoms with Gasteiger partial charge in [-0.05, 0) is 35.9 Å². The van der Waals surface area contributed by atoms with Crippen molar-refractivity contribution in [2.24, 2.45) is 0 Å². The zero-order valence-electron chi connectivity index (χ0n) is 13.3. The Labute approximate surface area is 157 Å². The highest BCUT2D eigenvalue weighted by atomic mass is 35.5. The van der Waals surface area contributed by atoms with E-state index in [-0.39, 0.29) is 16.7 Å². The van der Waals surface area contributed by atoms with E-state index in [0.29, 0.717) is 33.7 Å². The number of carbonyl (C=O) groups excluding carboxylic acids is 1. The normalized spacial score (nSPS) is 10.8. The first kappa shape index (κ1) is 18.2. The van der Waals surface area contributed by atoms with Crippen LogP contribution >= 0.6 is 23.2 Å². The van der Waals surface area contributed by atoms with Gasteiger partial charge in [0.2, 0.25) is 5.28 Å². The average molecular weight is 395 g/mol. The lowest BCUT2D eigenvalue weighted by atomic mass is 10.1.